The van der Waals surface area contributed by atoms with Crippen LogP contribution in [0.15, 0.2) is 24.8 Å². The first-order valence-electron chi connectivity index (χ1n) is 4.35. The Hall–Kier alpha value is -1.67. The molecule has 1 N–H and O–H groups in total. The molecule has 0 aliphatic rings. The molecule has 0 aromatic rings. The summed E-state index contributed by atoms with van der Waals surface area (Å²) < 4.78 is 37.9. The van der Waals surface area contributed by atoms with Crippen LogP contribution >= 0.6 is 0 Å². The third-order valence-electron chi connectivity index (χ3n) is 1.42. The van der Waals surface area contributed by atoms with Crippen LogP contribution < -0.4 is 0 Å². The van der Waals surface area contributed by atoms with Crippen molar-refractivity contribution < 1.29 is 32.0 Å². The first-order valence-corrected chi connectivity index (χ1v) is 5.96. The van der Waals surface area contributed by atoms with Crippen LogP contribution in [-0.4, -0.2) is 43.9 Å². The summed E-state index contributed by atoms with van der Waals surface area (Å²) in [6, 6.07) is 0. The third-order valence-corrected chi connectivity index (χ3v) is 2.10. The monoisotopic (exact) mass is 264 g/mol. The molecule has 0 aliphatic heterocycles. The predicted octanol–water partition coefficient (Wildman–Crippen LogP) is -0.297. The molecular formula is C9H12O7S. The van der Waals surface area contributed by atoms with Crippen molar-refractivity contribution in [2.24, 2.45) is 0 Å². The molecule has 96 valence electrons. The Morgan fingerprint density at radius 2 is 1.88 bits per heavy atom. The van der Waals surface area contributed by atoms with Gasteiger partial charge in [0.05, 0.1) is 5.57 Å². The molecule has 7 nitrogen and oxygen atoms in total. The Balaban J connectivity index is 3.95. The average molecular weight is 264 g/mol. The van der Waals surface area contributed by atoms with E-state index in [1.807, 2.05) is 0 Å². The molecule has 0 saturated carbocycles. The lowest BCUT2D eigenvalue weighted by Gasteiger charge is -2.06. The van der Waals surface area contributed by atoms with Crippen LogP contribution in [0.3, 0.4) is 0 Å². The van der Waals surface area contributed by atoms with Gasteiger partial charge in [0, 0.05) is 6.08 Å². The Kier molecular flexibility index (Phi) is 6.15. The van der Waals surface area contributed by atoms with Crippen molar-refractivity contribution in [3.8, 4) is 0 Å². The molecule has 0 fully saturated rings. The topological polar surface area (TPSA) is 107 Å². The molecule has 0 atom stereocenters. The Labute approximate surface area is 98.5 Å². The molecule has 8 heteroatoms. The minimum atomic E-state index is -4.18. The van der Waals surface area contributed by atoms with E-state index in [0.717, 1.165) is 6.08 Å². The van der Waals surface area contributed by atoms with E-state index in [9.17, 15) is 18.0 Å². The van der Waals surface area contributed by atoms with E-state index in [0.29, 0.717) is 0 Å². The molecule has 0 unspecified atom stereocenters. The lowest BCUT2D eigenvalue weighted by atomic mass is 10.3. The third kappa shape index (κ3) is 8.17. The van der Waals surface area contributed by atoms with Crippen LogP contribution in [0.2, 0.25) is 0 Å². The fraction of sp³-hybridized carbons (Fsp3) is 0.333. The maximum atomic E-state index is 11.1. The van der Waals surface area contributed by atoms with Crippen LogP contribution in [0.25, 0.3) is 0 Å². The zero-order valence-electron chi connectivity index (χ0n) is 8.92. The van der Waals surface area contributed by atoms with E-state index < -0.39 is 34.4 Å². The summed E-state index contributed by atoms with van der Waals surface area (Å²) in [5, 5.41) is 0. The number of carbonyl (C=O) groups excluding carboxylic acids is 2. The van der Waals surface area contributed by atoms with Crippen molar-refractivity contribution in [1.82, 2.24) is 0 Å². The fourth-order valence-corrected chi connectivity index (χ4v) is 0.912. The van der Waals surface area contributed by atoms with E-state index in [1.54, 1.807) is 0 Å². The second-order valence-corrected chi connectivity index (χ2v) is 4.41. The summed E-state index contributed by atoms with van der Waals surface area (Å²) in [4.78, 5) is 21.8. The maximum absolute atomic E-state index is 11.1. The highest BCUT2D eigenvalue weighted by Crippen LogP contribution is 1.97. The van der Waals surface area contributed by atoms with Gasteiger partial charge >= 0.3 is 11.9 Å². The molecule has 0 radical (unpaired) electrons. The molecule has 0 bridgehead atoms. The van der Waals surface area contributed by atoms with Crippen molar-refractivity contribution in [2.75, 3.05) is 19.0 Å². The minimum absolute atomic E-state index is 0.157. The highest BCUT2D eigenvalue weighted by atomic mass is 32.2. The average Bonchev–Trinajstić information content (AvgIpc) is 2.23. The smallest absolute Gasteiger partial charge is 0.336 e. The number of rotatable bonds is 7. The van der Waals surface area contributed by atoms with Crippen LogP contribution in [0.5, 0.6) is 0 Å². The lowest BCUT2D eigenvalue weighted by Crippen LogP contribution is -2.18. The first kappa shape index (κ1) is 15.3. The zero-order chi connectivity index (χ0) is 13.5. The minimum Gasteiger partial charge on any atom is -0.461 e. The second-order valence-electron chi connectivity index (χ2n) is 2.84. The van der Waals surface area contributed by atoms with Gasteiger partial charge in [-0.3, -0.25) is 4.55 Å². The first-order chi connectivity index (χ1) is 7.76. The number of carbonyl (C=O) groups is 2. The van der Waals surface area contributed by atoms with Gasteiger partial charge in [0.1, 0.15) is 19.0 Å². The van der Waals surface area contributed by atoms with E-state index in [4.69, 9.17) is 4.55 Å². The molecule has 0 spiro atoms. The van der Waals surface area contributed by atoms with E-state index in [2.05, 4.69) is 22.6 Å². The zero-order valence-corrected chi connectivity index (χ0v) is 9.73. The molecule has 0 aromatic heterocycles. The van der Waals surface area contributed by atoms with Crippen LogP contribution in [0.1, 0.15) is 0 Å². The Morgan fingerprint density at radius 1 is 1.29 bits per heavy atom. The van der Waals surface area contributed by atoms with E-state index in [-0.39, 0.29) is 12.2 Å². The number of esters is 2. The highest BCUT2D eigenvalue weighted by molar-refractivity contribution is 7.85. The van der Waals surface area contributed by atoms with E-state index in [1.165, 1.54) is 0 Å². The molecular weight excluding hydrogens is 252 g/mol. The lowest BCUT2D eigenvalue weighted by molar-refractivity contribution is -0.141. The Morgan fingerprint density at radius 3 is 2.35 bits per heavy atom. The molecule has 0 rings (SSSR count). The number of hydrogen-bond donors (Lipinski definition) is 1. The largest absolute Gasteiger partial charge is 0.461 e. The van der Waals surface area contributed by atoms with Crippen molar-refractivity contribution in [2.45, 2.75) is 0 Å². The van der Waals surface area contributed by atoms with Crippen molar-refractivity contribution in [3.05, 3.63) is 24.8 Å². The summed E-state index contributed by atoms with van der Waals surface area (Å²) in [5.74, 6) is -2.35. The maximum Gasteiger partial charge on any atom is 0.336 e. The summed E-state index contributed by atoms with van der Waals surface area (Å²) in [5.41, 5.74) is -0.157. The van der Waals surface area contributed by atoms with Crippen LogP contribution in [-0.2, 0) is 29.2 Å². The van der Waals surface area contributed by atoms with Gasteiger partial charge in [-0.05, 0) is 0 Å². The van der Waals surface area contributed by atoms with Gasteiger partial charge in [0.25, 0.3) is 10.1 Å². The standard InChI is InChI=1S/C9H12O7S/c1-3-8(10)16-6-7(2)9(11)15-4-5-17(12,13)14/h3H,1-2,4-6H2,(H,12,13,14). The summed E-state index contributed by atoms with van der Waals surface area (Å²) in [7, 11) is -4.18. The van der Waals surface area contributed by atoms with Crippen molar-refractivity contribution >= 4 is 22.1 Å². The van der Waals surface area contributed by atoms with Crippen LogP contribution in [0.4, 0.5) is 0 Å². The van der Waals surface area contributed by atoms with E-state index >= 15 is 0 Å². The second kappa shape index (κ2) is 6.81. The van der Waals surface area contributed by atoms with Gasteiger partial charge in [-0.1, -0.05) is 13.2 Å². The SMILES string of the molecule is C=CC(=O)OCC(=C)C(=O)OCCS(=O)(=O)O. The molecule has 0 amide bonds. The van der Waals surface area contributed by atoms with Crippen molar-refractivity contribution in [3.63, 3.8) is 0 Å². The Bertz CT molecular complexity index is 421. The van der Waals surface area contributed by atoms with Gasteiger partial charge in [0.2, 0.25) is 0 Å². The van der Waals surface area contributed by atoms with Crippen LogP contribution in [0, 0.1) is 0 Å². The van der Waals surface area contributed by atoms with Gasteiger partial charge in [-0.15, -0.1) is 0 Å². The number of hydrogen-bond acceptors (Lipinski definition) is 6. The van der Waals surface area contributed by atoms with Gasteiger partial charge in [0.15, 0.2) is 0 Å². The molecule has 0 aliphatic carbocycles. The quantitative estimate of drug-likeness (QED) is 0.382. The highest BCUT2D eigenvalue weighted by Gasteiger charge is 2.12. The van der Waals surface area contributed by atoms with Gasteiger partial charge in [-0.2, -0.15) is 8.42 Å². The molecule has 0 heterocycles. The van der Waals surface area contributed by atoms with Crippen molar-refractivity contribution in [1.29, 1.82) is 0 Å². The predicted molar refractivity (Wildman–Crippen MR) is 57.7 cm³/mol. The van der Waals surface area contributed by atoms with Gasteiger partial charge < -0.3 is 9.47 Å². The van der Waals surface area contributed by atoms with Gasteiger partial charge in [-0.25, -0.2) is 9.59 Å². The summed E-state index contributed by atoms with van der Waals surface area (Å²) >= 11 is 0. The molecule has 17 heavy (non-hydrogen) atoms. The molecule has 0 aromatic carbocycles. The summed E-state index contributed by atoms with van der Waals surface area (Å²) in [6.07, 6.45) is 0.914. The summed E-state index contributed by atoms with van der Waals surface area (Å²) in [6.45, 7) is 5.54. The molecule has 0 saturated heterocycles. The fourth-order valence-electron chi connectivity index (χ4n) is 0.618. The normalized spacial score (nSPS) is 10.4. The number of ether oxygens (including phenoxy) is 2.